The van der Waals surface area contributed by atoms with Crippen LogP contribution in [-0.2, 0) is 16.9 Å². The fourth-order valence-corrected chi connectivity index (χ4v) is 8.11. The van der Waals surface area contributed by atoms with Gasteiger partial charge >= 0.3 is 5.69 Å². The molecule has 3 aromatic rings. The molecule has 2 unspecified atom stereocenters. The van der Waals surface area contributed by atoms with Crippen molar-refractivity contribution in [1.29, 1.82) is 0 Å². The number of aromatic nitrogens is 4. The molecule has 2 heterocycles. The second-order valence-corrected chi connectivity index (χ2v) is 12.3. The molecule has 4 aliphatic rings. The number of halogens is 3. The Hall–Kier alpha value is -2.79. The zero-order chi connectivity index (χ0) is 25.9. The third kappa shape index (κ3) is 4.46. The standard InChI is InChI=1S/C25H25BrClFN6O3/c26-19-13-32(12-18-20(27)2-1-3-21(18)28)31-23(19)30-22(35)9-24-5-15-4-16(6-24)8-25(7-15,14-24)33-11-17(10-29-33)34(36)37/h1-3,10-11,13,15-16H,4-9,12,14H2,(H,30,31,35). The molecule has 4 bridgehead atoms. The summed E-state index contributed by atoms with van der Waals surface area (Å²) in [6, 6.07) is 4.52. The number of hydrogen-bond donors (Lipinski definition) is 1. The molecule has 1 N–H and O–H groups in total. The van der Waals surface area contributed by atoms with Crippen molar-refractivity contribution in [3.63, 3.8) is 0 Å². The maximum absolute atomic E-state index is 14.2. The quantitative estimate of drug-likeness (QED) is 0.271. The maximum Gasteiger partial charge on any atom is 0.307 e. The smallest absolute Gasteiger partial charge is 0.307 e. The van der Waals surface area contributed by atoms with Crippen molar-refractivity contribution >= 4 is 44.9 Å². The van der Waals surface area contributed by atoms with Crippen molar-refractivity contribution in [1.82, 2.24) is 19.6 Å². The lowest BCUT2D eigenvalue weighted by Gasteiger charge is -2.61. The van der Waals surface area contributed by atoms with Gasteiger partial charge in [0, 0.05) is 23.2 Å². The molecule has 37 heavy (non-hydrogen) atoms. The van der Waals surface area contributed by atoms with Crippen molar-refractivity contribution in [3.05, 3.63) is 67.8 Å². The van der Waals surface area contributed by atoms with E-state index in [1.807, 2.05) is 0 Å². The van der Waals surface area contributed by atoms with Gasteiger partial charge in [-0.3, -0.25) is 24.3 Å². The molecule has 9 nitrogen and oxygen atoms in total. The van der Waals surface area contributed by atoms with E-state index >= 15 is 0 Å². The number of rotatable bonds is 7. The first-order valence-corrected chi connectivity index (χ1v) is 13.5. The van der Waals surface area contributed by atoms with Gasteiger partial charge in [-0.05, 0) is 83.8 Å². The highest BCUT2D eigenvalue weighted by atomic mass is 79.9. The molecule has 7 rings (SSSR count). The van der Waals surface area contributed by atoms with Crippen molar-refractivity contribution < 1.29 is 14.1 Å². The third-order valence-electron chi connectivity index (χ3n) is 8.31. The lowest BCUT2D eigenvalue weighted by atomic mass is 9.46. The Morgan fingerprint density at radius 3 is 2.70 bits per heavy atom. The van der Waals surface area contributed by atoms with Crippen LogP contribution in [0.3, 0.4) is 0 Å². The highest BCUT2D eigenvalue weighted by molar-refractivity contribution is 9.10. The normalized spacial score (nSPS) is 28.0. The summed E-state index contributed by atoms with van der Waals surface area (Å²) < 4.78 is 18.2. The van der Waals surface area contributed by atoms with E-state index in [4.69, 9.17) is 11.6 Å². The van der Waals surface area contributed by atoms with Gasteiger partial charge in [-0.2, -0.15) is 10.2 Å². The van der Waals surface area contributed by atoms with Gasteiger partial charge in [0.2, 0.25) is 5.91 Å². The molecular formula is C25H25BrClFN6O3. The zero-order valence-corrected chi connectivity index (χ0v) is 22.2. The van der Waals surface area contributed by atoms with Crippen LogP contribution in [0.25, 0.3) is 0 Å². The summed E-state index contributed by atoms with van der Waals surface area (Å²) in [5, 5.41) is 23.3. The van der Waals surface area contributed by atoms with Crippen LogP contribution in [0.5, 0.6) is 0 Å². The average molecular weight is 592 g/mol. The van der Waals surface area contributed by atoms with Crippen LogP contribution in [-0.4, -0.2) is 30.4 Å². The van der Waals surface area contributed by atoms with Gasteiger partial charge < -0.3 is 5.32 Å². The molecule has 1 amide bonds. The number of carbonyl (C=O) groups is 1. The fraction of sp³-hybridized carbons (Fsp3) is 0.480. The highest BCUT2D eigenvalue weighted by Gasteiger charge is 2.59. The van der Waals surface area contributed by atoms with E-state index < -0.39 is 10.7 Å². The summed E-state index contributed by atoms with van der Waals surface area (Å²) in [5.41, 5.74) is -0.126. The average Bonchev–Trinajstić information content (AvgIpc) is 3.43. The summed E-state index contributed by atoms with van der Waals surface area (Å²) in [7, 11) is 0. The number of anilines is 1. The van der Waals surface area contributed by atoms with Gasteiger partial charge in [0.25, 0.3) is 0 Å². The Morgan fingerprint density at radius 2 is 2.03 bits per heavy atom. The minimum atomic E-state index is -0.414. The summed E-state index contributed by atoms with van der Waals surface area (Å²) >= 11 is 9.60. The van der Waals surface area contributed by atoms with E-state index in [-0.39, 0.29) is 29.1 Å². The molecule has 12 heteroatoms. The predicted molar refractivity (Wildman–Crippen MR) is 138 cm³/mol. The number of nitrogens with one attached hydrogen (secondary N) is 1. The molecule has 0 spiro atoms. The molecule has 4 fully saturated rings. The second kappa shape index (κ2) is 8.90. The van der Waals surface area contributed by atoms with E-state index in [1.165, 1.54) is 16.9 Å². The minimum absolute atomic E-state index is 0.000327. The Morgan fingerprint density at radius 1 is 1.27 bits per heavy atom. The van der Waals surface area contributed by atoms with Gasteiger partial charge in [0.05, 0.1) is 21.5 Å². The first-order chi connectivity index (χ1) is 17.6. The van der Waals surface area contributed by atoms with Crippen LogP contribution >= 0.6 is 27.5 Å². The van der Waals surface area contributed by atoms with Crippen LogP contribution in [0.15, 0.2) is 41.3 Å². The van der Waals surface area contributed by atoms with E-state index in [0.717, 1.165) is 38.5 Å². The SMILES string of the molecule is O=C(CC12CC3CC(C1)CC(n1cc([N+](=O)[O-])cn1)(C3)C2)Nc1nn(Cc2c(F)cccc2Cl)cc1Br. The summed E-state index contributed by atoms with van der Waals surface area (Å²) in [4.78, 5) is 24.1. The largest absolute Gasteiger partial charge is 0.308 e. The van der Waals surface area contributed by atoms with E-state index in [0.29, 0.717) is 39.1 Å². The van der Waals surface area contributed by atoms with E-state index in [9.17, 15) is 19.3 Å². The van der Waals surface area contributed by atoms with Crippen molar-refractivity contribution in [2.45, 2.75) is 57.0 Å². The number of carbonyl (C=O) groups excluding carboxylic acids is 1. The highest BCUT2D eigenvalue weighted by Crippen LogP contribution is 2.65. The molecule has 0 radical (unpaired) electrons. The zero-order valence-electron chi connectivity index (χ0n) is 19.9. The Bertz CT molecular complexity index is 1370. The molecule has 194 valence electrons. The lowest BCUT2D eigenvalue weighted by molar-refractivity contribution is -0.385. The van der Waals surface area contributed by atoms with E-state index in [1.54, 1.807) is 29.2 Å². The van der Waals surface area contributed by atoms with E-state index in [2.05, 4.69) is 31.4 Å². The molecule has 0 aliphatic heterocycles. The number of nitrogens with zero attached hydrogens (tertiary/aromatic N) is 5. The minimum Gasteiger partial charge on any atom is -0.308 e. The molecule has 2 aromatic heterocycles. The Balaban J connectivity index is 1.18. The third-order valence-corrected chi connectivity index (χ3v) is 9.24. The topological polar surface area (TPSA) is 108 Å². The van der Waals surface area contributed by atoms with Crippen LogP contribution < -0.4 is 5.32 Å². The molecular weight excluding hydrogens is 567 g/mol. The van der Waals surface area contributed by atoms with Crippen LogP contribution in [0.1, 0.15) is 50.5 Å². The number of benzene rings is 1. The summed E-state index contributed by atoms with van der Waals surface area (Å²) in [6.07, 6.45) is 10.7. The van der Waals surface area contributed by atoms with Crippen LogP contribution in [0.2, 0.25) is 5.02 Å². The molecule has 4 aliphatic carbocycles. The molecule has 4 saturated carbocycles. The monoisotopic (exact) mass is 590 g/mol. The molecule has 0 saturated heterocycles. The second-order valence-electron chi connectivity index (χ2n) is 11.0. The lowest BCUT2D eigenvalue weighted by Crippen LogP contribution is -2.57. The summed E-state index contributed by atoms with van der Waals surface area (Å²) in [5.74, 6) is 0.795. The summed E-state index contributed by atoms with van der Waals surface area (Å²) in [6.45, 7) is 0.131. The van der Waals surface area contributed by atoms with Crippen molar-refractivity contribution in [2.75, 3.05) is 5.32 Å². The predicted octanol–water partition coefficient (Wildman–Crippen LogP) is 5.92. The van der Waals surface area contributed by atoms with Crippen LogP contribution in [0, 0.1) is 33.2 Å². The number of hydrogen-bond acceptors (Lipinski definition) is 5. The molecule has 1 aromatic carbocycles. The van der Waals surface area contributed by atoms with Gasteiger partial charge in [0.15, 0.2) is 5.82 Å². The van der Waals surface area contributed by atoms with Crippen molar-refractivity contribution in [3.8, 4) is 0 Å². The number of nitro groups is 1. The van der Waals surface area contributed by atoms with Crippen LogP contribution in [0.4, 0.5) is 15.9 Å². The Kier molecular flexibility index (Phi) is 5.91. The fourth-order valence-electron chi connectivity index (χ4n) is 7.47. The van der Waals surface area contributed by atoms with Crippen molar-refractivity contribution in [2.24, 2.45) is 17.3 Å². The Labute approximate surface area is 225 Å². The first kappa shape index (κ1) is 24.5. The van der Waals surface area contributed by atoms with Gasteiger partial charge in [-0.25, -0.2) is 4.39 Å². The maximum atomic E-state index is 14.2. The van der Waals surface area contributed by atoms with Gasteiger partial charge in [-0.1, -0.05) is 17.7 Å². The first-order valence-electron chi connectivity index (χ1n) is 12.3. The molecule has 2 atom stereocenters. The van der Waals surface area contributed by atoms with Gasteiger partial charge in [-0.15, -0.1) is 0 Å². The van der Waals surface area contributed by atoms with Gasteiger partial charge in [0.1, 0.15) is 18.2 Å². The number of amides is 1.